The van der Waals surface area contributed by atoms with E-state index in [0.717, 1.165) is 34.9 Å². The van der Waals surface area contributed by atoms with E-state index in [0.29, 0.717) is 19.8 Å². The third kappa shape index (κ3) is 3.03. The van der Waals surface area contributed by atoms with Crippen LogP contribution in [0.25, 0.3) is 11.0 Å². The zero-order valence-electron chi connectivity index (χ0n) is 15.6. The SMILES string of the molecule is CC(C)(C)c1ccc(Cn2c(CN)nc3cc4c(cc32)OCCO4)cc1. The Morgan fingerprint density at radius 1 is 1.04 bits per heavy atom. The molecule has 0 fully saturated rings. The zero-order chi connectivity index (χ0) is 18.3. The van der Waals surface area contributed by atoms with Crippen molar-refractivity contribution in [2.75, 3.05) is 13.2 Å². The number of nitrogens with zero attached hydrogens (tertiary/aromatic N) is 2. The number of benzene rings is 2. The van der Waals surface area contributed by atoms with E-state index in [1.54, 1.807) is 0 Å². The number of ether oxygens (including phenoxy) is 2. The smallest absolute Gasteiger partial charge is 0.163 e. The first-order valence-electron chi connectivity index (χ1n) is 9.04. The summed E-state index contributed by atoms with van der Waals surface area (Å²) in [7, 11) is 0. The third-order valence-electron chi connectivity index (χ3n) is 4.83. The Labute approximate surface area is 153 Å². The minimum atomic E-state index is 0.152. The van der Waals surface area contributed by atoms with Gasteiger partial charge in [0.2, 0.25) is 0 Å². The quantitative estimate of drug-likeness (QED) is 0.783. The van der Waals surface area contributed by atoms with Crippen molar-refractivity contribution in [3.05, 3.63) is 53.3 Å². The topological polar surface area (TPSA) is 62.3 Å². The summed E-state index contributed by atoms with van der Waals surface area (Å²) >= 11 is 0. The fourth-order valence-corrected chi connectivity index (χ4v) is 3.34. The van der Waals surface area contributed by atoms with E-state index >= 15 is 0 Å². The second kappa shape index (κ2) is 6.32. The maximum atomic E-state index is 5.96. The van der Waals surface area contributed by atoms with Gasteiger partial charge in [-0.3, -0.25) is 0 Å². The minimum absolute atomic E-state index is 0.152. The molecule has 0 saturated carbocycles. The predicted molar refractivity (Wildman–Crippen MR) is 103 cm³/mol. The monoisotopic (exact) mass is 351 g/mol. The van der Waals surface area contributed by atoms with Gasteiger partial charge in [-0.1, -0.05) is 45.0 Å². The largest absolute Gasteiger partial charge is 0.486 e. The van der Waals surface area contributed by atoms with Crippen LogP contribution in [0.3, 0.4) is 0 Å². The summed E-state index contributed by atoms with van der Waals surface area (Å²) in [6.45, 7) is 8.94. The zero-order valence-corrected chi connectivity index (χ0v) is 15.6. The van der Waals surface area contributed by atoms with Gasteiger partial charge in [0.15, 0.2) is 11.5 Å². The first kappa shape index (κ1) is 16.9. The minimum Gasteiger partial charge on any atom is -0.486 e. The molecule has 0 saturated heterocycles. The molecule has 1 aliphatic rings. The van der Waals surface area contributed by atoms with E-state index in [2.05, 4.69) is 49.6 Å². The van der Waals surface area contributed by atoms with Crippen LogP contribution in [0, 0.1) is 0 Å². The van der Waals surface area contributed by atoms with Crippen molar-refractivity contribution < 1.29 is 9.47 Å². The Kier molecular flexibility index (Phi) is 4.11. The summed E-state index contributed by atoms with van der Waals surface area (Å²) in [6, 6.07) is 12.7. The van der Waals surface area contributed by atoms with Crippen molar-refractivity contribution in [1.82, 2.24) is 9.55 Å². The van der Waals surface area contributed by atoms with Crippen LogP contribution in [-0.4, -0.2) is 22.8 Å². The molecule has 4 rings (SSSR count). The lowest BCUT2D eigenvalue weighted by molar-refractivity contribution is 0.172. The highest BCUT2D eigenvalue weighted by atomic mass is 16.6. The average molecular weight is 351 g/mol. The molecule has 1 aliphatic heterocycles. The Bertz CT molecular complexity index is 937. The number of nitrogens with two attached hydrogens (primary N) is 1. The lowest BCUT2D eigenvalue weighted by atomic mass is 9.87. The molecule has 0 amide bonds. The molecule has 0 atom stereocenters. The molecule has 0 bridgehead atoms. The van der Waals surface area contributed by atoms with Crippen LogP contribution in [0.4, 0.5) is 0 Å². The average Bonchev–Trinajstić information content (AvgIpc) is 2.96. The van der Waals surface area contributed by atoms with Gasteiger partial charge in [-0.15, -0.1) is 0 Å². The van der Waals surface area contributed by atoms with Crippen molar-refractivity contribution in [3.63, 3.8) is 0 Å². The lowest BCUT2D eigenvalue weighted by Crippen LogP contribution is -2.15. The number of hydrogen-bond donors (Lipinski definition) is 1. The number of aromatic nitrogens is 2. The maximum Gasteiger partial charge on any atom is 0.163 e. The molecule has 136 valence electrons. The summed E-state index contributed by atoms with van der Waals surface area (Å²) in [6.07, 6.45) is 0. The predicted octanol–water partition coefficient (Wildman–Crippen LogP) is 3.61. The number of hydrogen-bond acceptors (Lipinski definition) is 4. The Morgan fingerprint density at radius 2 is 1.69 bits per heavy atom. The molecule has 2 N–H and O–H groups in total. The van der Waals surface area contributed by atoms with E-state index in [1.165, 1.54) is 11.1 Å². The second-order valence-corrected chi connectivity index (χ2v) is 7.75. The van der Waals surface area contributed by atoms with E-state index < -0.39 is 0 Å². The molecular formula is C21H25N3O2. The normalized spacial score (nSPS) is 14.0. The highest BCUT2D eigenvalue weighted by Crippen LogP contribution is 2.35. The molecule has 0 radical (unpaired) electrons. The molecule has 0 unspecified atom stereocenters. The number of imidazole rings is 1. The first-order chi connectivity index (χ1) is 12.5. The highest BCUT2D eigenvalue weighted by molar-refractivity contribution is 5.81. The fourth-order valence-electron chi connectivity index (χ4n) is 3.34. The Morgan fingerprint density at radius 3 is 2.31 bits per heavy atom. The van der Waals surface area contributed by atoms with Crippen LogP contribution >= 0.6 is 0 Å². The van der Waals surface area contributed by atoms with Gasteiger partial charge in [-0.05, 0) is 16.5 Å². The molecule has 2 aromatic carbocycles. The molecule has 5 heteroatoms. The third-order valence-corrected chi connectivity index (χ3v) is 4.83. The van der Waals surface area contributed by atoms with E-state index in [1.807, 2.05) is 12.1 Å². The fraction of sp³-hybridized carbons (Fsp3) is 0.381. The van der Waals surface area contributed by atoms with Crippen LogP contribution in [0.15, 0.2) is 36.4 Å². The highest BCUT2D eigenvalue weighted by Gasteiger charge is 2.18. The van der Waals surface area contributed by atoms with Crippen LogP contribution < -0.4 is 15.2 Å². The molecule has 0 aliphatic carbocycles. The molecule has 1 aromatic heterocycles. The van der Waals surface area contributed by atoms with E-state index in [4.69, 9.17) is 20.2 Å². The van der Waals surface area contributed by atoms with Gasteiger partial charge >= 0.3 is 0 Å². The maximum absolute atomic E-state index is 5.96. The first-order valence-corrected chi connectivity index (χ1v) is 9.04. The summed E-state index contributed by atoms with van der Waals surface area (Å²) in [5.74, 6) is 2.39. The van der Waals surface area contributed by atoms with Crippen LogP contribution in [0.1, 0.15) is 37.7 Å². The molecule has 2 heterocycles. The molecule has 26 heavy (non-hydrogen) atoms. The molecule has 5 nitrogen and oxygen atoms in total. The van der Waals surface area contributed by atoms with Gasteiger partial charge in [0.1, 0.15) is 19.0 Å². The summed E-state index contributed by atoms with van der Waals surface area (Å²) < 4.78 is 13.6. The van der Waals surface area contributed by atoms with Gasteiger partial charge in [-0.2, -0.15) is 0 Å². The van der Waals surface area contributed by atoms with Crippen molar-refractivity contribution in [2.24, 2.45) is 5.73 Å². The van der Waals surface area contributed by atoms with Crippen molar-refractivity contribution in [1.29, 1.82) is 0 Å². The van der Waals surface area contributed by atoms with Crippen molar-refractivity contribution in [3.8, 4) is 11.5 Å². The molecule has 0 spiro atoms. The standard InChI is InChI=1S/C21H25N3O2/c1-21(2,3)15-6-4-14(5-7-15)13-24-17-11-19-18(25-8-9-26-19)10-16(17)23-20(24)12-22/h4-7,10-11H,8-9,12-13,22H2,1-3H3. The Hall–Kier alpha value is -2.53. The molecular weight excluding hydrogens is 326 g/mol. The van der Waals surface area contributed by atoms with Gasteiger partial charge in [0.25, 0.3) is 0 Å². The van der Waals surface area contributed by atoms with Crippen LogP contribution in [0.2, 0.25) is 0 Å². The van der Waals surface area contributed by atoms with Gasteiger partial charge in [0, 0.05) is 18.7 Å². The summed E-state index contributed by atoms with van der Waals surface area (Å²) in [5.41, 5.74) is 10.6. The van der Waals surface area contributed by atoms with E-state index in [-0.39, 0.29) is 5.41 Å². The van der Waals surface area contributed by atoms with Gasteiger partial charge in [-0.25, -0.2) is 4.98 Å². The summed E-state index contributed by atoms with van der Waals surface area (Å²) in [4.78, 5) is 4.69. The van der Waals surface area contributed by atoms with Crippen LogP contribution in [-0.2, 0) is 18.5 Å². The van der Waals surface area contributed by atoms with Gasteiger partial charge in [0.05, 0.1) is 17.6 Å². The van der Waals surface area contributed by atoms with Crippen molar-refractivity contribution in [2.45, 2.75) is 39.3 Å². The van der Waals surface area contributed by atoms with Crippen LogP contribution in [0.5, 0.6) is 11.5 Å². The lowest BCUT2D eigenvalue weighted by Gasteiger charge is -2.20. The van der Waals surface area contributed by atoms with E-state index in [9.17, 15) is 0 Å². The van der Waals surface area contributed by atoms with Gasteiger partial charge < -0.3 is 19.8 Å². The van der Waals surface area contributed by atoms with Crippen molar-refractivity contribution >= 4 is 11.0 Å². The number of fused-ring (bicyclic) bond motifs is 2. The Balaban J connectivity index is 1.73. The number of rotatable bonds is 3. The summed E-state index contributed by atoms with van der Waals surface area (Å²) in [5, 5.41) is 0. The molecule has 3 aromatic rings. The second-order valence-electron chi connectivity index (χ2n) is 7.75.